The van der Waals surface area contributed by atoms with Crippen LogP contribution < -0.4 is 21.3 Å². The summed E-state index contributed by atoms with van der Waals surface area (Å²) in [6.45, 7) is 7.27. The van der Waals surface area contributed by atoms with Crippen LogP contribution in [0.15, 0.2) is 110 Å². The van der Waals surface area contributed by atoms with Crippen LogP contribution in [-0.2, 0) is 44.9 Å². The van der Waals surface area contributed by atoms with Crippen LogP contribution in [0.4, 0.5) is 0 Å². The quantitative estimate of drug-likeness (QED) is 0.0746. The third-order valence-electron chi connectivity index (χ3n) is 9.68. The number of nitrogens with zero attached hydrogens (tertiary/aromatic N) is 2. The molecule has 0 unspecified atom stereocenters. The number of aryl methyl sites for hydroxylation is 2. The summed E-state index contributed by atoms with van der Waals surface area (Å²) >= 11 is 0. The van der Waals surface area contributed by atoms with E-state index in [1.54, 1.807) is 36.9 Å². The summed E-state index contributed by atoms with van der Waals surface area (Å²) in [4.78, 5) is 62.1. The smallest absolute Gasteiger partial charge is 0.243 e. The highest BCUT2D eigenvalue weighted by atomic mass is 16.3. The molecule has 0 fully saturated rings. The molecule has 0 saturated heterocycles. The first kappa shape index (κ1) is 43.3. The average Bonchev–Trinajstić information content (AvgIpc) is 3.20. The second-order valence-electron chi connectivity index (χ2n) is 14.9. The maximum Gasteiger partial charge on any atom is 0.243 e. The van der Waals surface area contributed by atoms with E-state index in [9.17, 15) is 29.4 Å². The molecule has 4 amide bonds. The summed E-state index contributed by atoms with van der Waals surface area (Å²) < 4.78 is 0. The van der Waals surface area contributed by atoms with E-state index in [4.69, 9.17) is 0 Å². The van der Waals surface area contributed by atoms with Gasteiger partial charge in [-0.15, -0.1) is 0 Å². The average molecular weight is 765 g/mol. The number of carbonyl (C=O) groups excluding carboxylic acids is 4. The van der Waals surface area contributed by atoms with Gasteiger partial charge >= 0.3 is 0 Å². The molecule has 0 spiro atoms. The van der Waals surface area contributed by atoms with E-state index in [1.165, 1.54) is 0 Å². The number of hydrogen-bond acceptors (Lipinski definition) is 8. The van der Waals surface area contributed by atoms with Crippen molar-refractivity contribution in [2.75, 3.05) is 0 Å². The number of carbonyl (C=O) groups is 4. The normalized spacial score (nSPS) is 14.5. The third-order valence-corrected chi connectivity index (χ3v) is 9.68. The van der Waals surface area contributed by atoms with E-state index in [1.807, 2.05) is 100 Å². The number of hydrogen-bond donors (Lipinski definition) is 6. The Morgan fingerprint density at radius 1 is 0.518 bits per heavy atom. The van der Waals surface area contributed by atoms with E-state index in [0.717, 1.165) is 22.3 Å². The molecular weight excluding hydrogens is 709 g/mol. The SMILES string of the molecule is CC(C)[C@H](NC(=O)CCc1cccnc1)C(=O)N[C@@H](Cc1ccccc1)[C@@H](O)[C@@H](O)[C@H](Cc1ccccc1)NC(=O)[C@H](NC(=O)CCc1cccnc1)C(C)C. The Labute approximate surface area is 330 Å². The molecule has 298 valence electrons. The number of pyridine rings is 2. The minimum absolute atomic E-state index is 0.151. The first-order valence-corrected chi connectivity index (χ1v) is 19.3. The second-order valence-corrected chi connectivity index (χ2v) is 14.9. The molecule has 2 aromatic heterocycles. The first-order valence-electron chi connectivity index (χ1n) is 19.3. The molecule has 0 aliphatic rings. The van der Waals surface area contributed by atoms with Crippen molar-refractivity contribution in [3.63, 3.8) is 0 Å². The monoisotopic (exact) mass is 764 g/mol. The van der Waals surface area contributed by atoms with E-state index in [-0.39, 0.29) is 49.3 Å². The number of aliphatic hydroxyl groups is 2. The molecule has 0 aliphatic heterocycles. The lowest BCUT2D eigenvalue weighted by Gasteiger charge is -2.35. The molecule has 12 nitrogen and oxygen atoms in total. The minimum Gasteiger partial charge on any atom is -0.388 e. The van der Waals surface area contributed by atoms with E-state index in [2.05, 4.69) is 31.2 Å². The number of nitrogens with one attached hydrogen (secondary N) is 4. The molecule has 6 N–H and O–H groups in total. The van der Waals surface area contributed by atoms with Gasteiger partial charge in [-0.2, -0.15) is 0 Å². The lowest BCUT2D eigenvalue weighted by molar-refractivity contribution is -0.133. The maximum atomic E-state index is 13.9. The zero-order chi connectivity index (χ0) is 40.5. The van der Waals surface area contributed by atoms with Crippen molar-refractivity contribution in [1.82, 2.24) is 31.2 Å². The Hall–Kier alpha value is -5.46. The van der Waals surface area contributed by atoms with E-state index in [0.29, 0.717) is 12.8 Å². The van der Waals surface area contributed by atoms with Crippen molar-refractivity contribution in [1.29, 1.82) is 0 Å². The second kappa shape index (κ2) is 22.2. The van der Waals surface area contributed by atoms with Gasteiger partial charge in [-0.3, -0.25) is 29.1 Å². The summed E-state index contributed by atoms with van der Waals surface area (Å²) in [7, 11) is 0. The molecule has 12 heteroatoms. The standard InChI is InChI=1S/C44H56N6O6/c1-29(2)39(49-37(51)21-19-33-17-11-23-45-27-33)43(55)47-35(25-31-13-7-5-8-14-31)41(53)42(54)36(26-32-15-9-6-10-16-32)48-44(56)40(30(3)4)50-38(52)22-20-34-18-12-24-46-28-34/h5-18,23-24,27-30,35-36,39-42,53-54H,19-22,25-26H2,1-4H3,(H,47,55)(H,48,56)(H,49,51)(H,50,52)/t35-,36-,39-,40+,41+,42-/m0/s1. The van der Waals surface area contributed by atoms with Crippen molar-refractivity contribution in [2.24, 2.45) is 11.8 Å². The predicted octanol–water partition coefficient (Wildman–Crippen LogP) is 3.50. The van der Waals surface area contributed by atoms with Crippen LogP contribution in [0.5, 0.6) is 0 Å². The van der Waals surface area contributed by atoms with Crippen LogP contribution in [0.2, 0.25) is 0 Å². The van der Waals surface area contributed by atoms with Crippen molar-refractivity contribution in [2.45, 2.75) is 103 Å². The van der Waals surface area contributed by atoms with Crippen molar-refractivity contribution >= 4 is 23.6 Å². The number of aromatic nitrogens is 2. The number of amides is 4. The Morgan fingerprint density at radius 2 is 0.875 bits per heavy atom. The summed E-state index contributed by atoms with van der Waals surface area (Å²) in [5, 5.41) is 35.5. The fourth-order valence-electron chi connectivity index (χ4n) is 6.44. The van der Waals surface area contributed by atoms with Crippen LogP contribution in [-0.4, -0.2) is 80.2 Å². The predicted molar refractivity (Wildman–Crippen MR) is 215 cm³/mol. The highest BCUT2D eigenvalue weighted by Gasteiger charge is 2.37. The molecule has 0 radical (unpaired) electrons. The summed E-state index contributed by atoms with van der Waals surface area (Å²) in [5.41, 5.74) is 3.38. The minimum atomic E-state index is -1.56. The lowest BCUT2D eigenvalue weighted by atomic mass is 9.90. The molecule has 4 aromatic rings. The van der Waals surface area contributed by atoms with Crippen LogP contribution in [0, 0.1) is 11.8 Å². The summed E-state index contributed by atoms with van der Waals surface area (Å²) in [6.07, 6.45) is 5.10. The maximum absolute atomic E-state index is 13.9. The molecule has 0 bridgehead atoms. The van der Waals surface area contributed by atoms with Gasteiger partial charge in [-0.05, 0) is 71.9 Å². The molecule has 2 heterocycles. The van der Waals surface area contributed by atoms with Gasteiger partial charge in [0, 0.05) is 37.6 Å². The van der Waals surface area contributed by atoms with Crippen LogP contribution in [0.3, 0.4) is 0 Å². The largest absolute Gasteiger partial charge is 0.388 e. The van der Waals surface area contributed by atoms with Crippen LogP contribution in [0.25, 0.3) is 0 Å². The van der Waals surface area contributed by atoms with Gasteiger partial charge in [0.1, 0.15) is 24.3 Å². The van der Waals surface area contributed by atoms with Gasteiger partial charge in [-0.1, -0.05) is 100 Å². The van der Waals surface area contributed by atoms with Gasteiger partial charge in [0.05, 0.1) is 12.1 Å². The zero-order valence-corrected chi connectivity index (χ0v) is 32.7. The fourth-order valence-corrected chi connectivity index (χ4v) is 6.44. The van der Waals surface area contributed by atoms with Gasteiger partial charge in [0.2, 0.25) is 23.6 Å². The molecule has 56 heavy (non-hydrogen) atoms. The fraction of sp³-hybridized carbons (Fsp3) is 0.409. The molecule has 6 atom stereocenters. The Kier molecular flexibility index (Phi) is 17.1. The lowest BCUT2D eigenvalue weighted by Crippen LogP contribution is -2.61. The number of rotatable bonds is 21. The third kappa shape index (κ3) is 14.0. The molecule has 0 saturated carbocycles. The van der Waals surface area contributed by atoms with E-state index >= 15 is 0 Å². The molecule has 2 aromatic carbocycles. The van der Waals surface area contributed by atoms with Gasteiger partial charge < -0.3 is 31.5 Å². The van der Waals surface area contributed by atoms with Crippen LogP contribution >= 0.6 is 0 Å². The van der Waals surface area contributed by atoms with Crippen LogP contribution in [0.1, 0.15) is 62.8 Å². The van der Waals surface area contributed by atoms with Crippen molar-refractivity contribution < 1.29 is 29.4 Å². The molecule has 0 aliphatic carbocycles. The number of aliphatic hydroxyl groups excluding tert-OH is 2. The topological polar surface area (TPSA) is 183 Å². The molecular formula is C44H56N6O6. The Bertz CT molecular complexity index is 1660. The van der Waals surface area contributed by atoms with E-state index < -0.39 is 48.2 Å². The first-order chi connectivity index (χ1) is 26.9. The Balaban J connectivity index is 1.53. The highest BCUT2D eigenvalue weighted by molar-refractivity contribution is 5.89. The van der Waals surface area contributed by atoms with Gasteiger partial charge in [0.15, 0.2) is 0 Å². The van der Waals surface area contributed by atoms with Crippen molar-refractivity contribution in [3.05, 3.63) is 132 Å². The number of benzene rings is 2. The van der Waals surface area contributed by atoms with Crippen molar-refractivity contribution in [3.8, 4) is 0 Å². The zero-order valence-electron chi connectivity index (χ0n) is 32.7. The Morgan fingerprint density at radius 3 is 1.20 bits per heavy atom. The molecule has 4 rings (SSSR count). The summed E-state index contributed by atoms with van der Waals surface area (Å²) in [6, 6.07) is 22.0. The van der Waals surface area contributed by atoms with Gasteiger partial charge in [-0.25, -0.2) is 0 Å². The summed E-state index contributed by atoms with van der Waals surface area (Å²) in [5.74, 6) is -2.24. The highest BCUT2D eigenvalue weighted by Crippen LogP contribution is 2.17. The van der Waals surface area contributed by atoms with Gasteiger partial charge in [0.25, 0.3) is 0 Å².